The Balaban J connectivity index is 1.46. The van der Waals surface area contributed by atoms with Crippen LogP contribution in [0.4, 0.5) is 5.82 Å². The van der Waals surface area contributed by atoms with E-state index < -0.39 is 0 Å². The predicted octanol–water partition coefficient (Wildman–Crippen LogP) is 2.18. The number of methoxy groups -OCH3 is 1. The number of nitrogens with zero attached hydrogens (tertiary/aromatic N) is 1. The van der Waals surface area contributed by atoms with Gasteiger partial charge in [0.05, 0.1) is 13.0 Å². The lowest BCUT2D eigenvalue weighted by atomic mass is 9.96. The Kier molecular flexibility index (Phi) is 5.38. The van der Waals surface area contributed by atoms with E-state index >= 15 is 0 Å². The second-order valence-electron chi connectivity index (χ2n) is 6.12. The Morgan fingerprint density at radius 3 is 3.00 bits per heavy atom. The third-order valence-electron chi connectivity index (χ3n) is 4.20. The van der Waals surface area contributed by atoms with Crippen molar-refractivity contribution in [2.24, 2.45) is 5.92 Å². The van der Waals surface area contributed by atoms with Gasteiger partial charge in [-0.25, -0.2) is 4.98 Å². The van der Waals surface area contributed by atoms with Gasteiger partial charge in [0.1, 0.15) is 23.9 Å². The van der Waals surface area contributed by atoms with Crippen LogP contribution in [0.25, 0.3) is 0 Å². The van der Waals surface area contributed by atoms with E-state index in [0.29, 0.717) is 26.1 Å². The number of carbonyl (C=O) groups is 1. The summed E-state index contributed by atoms with van der Waals surface area (Å²) in [6.07, 6.45) is 2.44. The van der Waals surface area contributed by atoms with Crippen molar-refractivity contribution >= 4 is 11.7 Å². The van der Waals surface area contributed by atoms with Crippen molar-refractivity contribution in [2.75, 3.05) is 32.1 Å². The number of carbonyl (C=O) groups excluding carboxylic acids is 1. The number of aryl methyl sites for hydroxylation is 1. The van der Waals surface area contributed by atoms with Crippen LogP contribution in [-0.4, -0.2) is 37.7 Å². The maximum absolute atomic E-state index is 12.3. The molecule has 1 amide bonds. The molecule has 2 heterocycles. The van der Waals surface area contributed by atoms with Gasteiger partial charge < -0.3 is 20.1 Å². The molecule has 0 radical (unpaired) electrons. The summed E-state index contributed by atoms with van der Waals surface area (Å²) in [7, 11) is 1.63. The molecule has 0 bridgehead atoms. The Hall–Kier alpha value is -2.76. The molecule has 0 saturated heterocycles. The molecule has 0 spiro atoms. The molecule has 0 fully saturated rings. The van der Waals surface area contributed by atoms with E-state index in [9.17, 15) is 4.79 Å². The fraction of sp³-hybridized carbons (Fsp3) is 0.368. The highest BCUT2D eigenvalue weighted by atomic mass is 16.5. The molecule has 132 valence electrons. The van der Waals surface area contributed by atoms with E-state index in [-0.39, 0.29) is 11.8 Å². The molecule has 1 aromatic heterocycles. The summed E-state index contributed by atoms with van der Waals surface area (Å²) in [4.78, 5) is 16.6. The molecule has 6 heteroatoms. The average Bonchev–Trinajstić information content (AvgIpc) is 2.64. The normalized spacial score (nSPS) is 15.7. The van der Waals surface area contributed by atoms with E-state index in [0.717, 1.165) is 28.4 Å². The maximum Gasteiger partial charge on any atom is 0.226 e. The van der Waals surface area contributed by atoms with Gasteiger partial charge in [0.15, 0.2) is 0 Å². The molecule has 6 nitrogen and oxygen atoms in total. The minimum absolute atomic E-state index is 0.0143. The Morgan fingerprint density at radius 2 is 2.20 bits per heavy atom. The zero-order chi connectivity index (χ0) is 17.6. The molecule has 25 heavy (non-hydrogen) atoms. The topological polar surface area (TPSA) is 72.5 Å². The van der Waals surface area contributed by atoms with Crippen LogP contribution in [0.5, 0.6) is 11.5 Å². The fourth-order valence-corrected chi connectivity index (χ4v) is 2.80. The third kappa shape index (κ3) is 4.41. The lowest BCUT2D eigenvalue weighted by Crippen LogP contribution is -2.39. The van der Waals surface area contributed by atoms with Crippen molar-refractivity contribution in [3.05, 3.63) is 47.7 Å². The summed E-state index contributed by atoms with van der Waals surface area (Å²) in [5.41, 5.74) is 2.19. The Bertz CT molecular complexity index is 748. The third-order valence-corrected chi connectivity index (χ3v) is 4.20. The van der Waals surface area contributed by atoms with Crippen molar-refractivity contribution in [3.8, 4) is 11.5 Å². The van der Waals surface area contributed by atoms with Crippen LogP contribution < -0.4 is 20.1 Å². The van der Waals surface area contributed by atoms with Gasteiger partial charge in [-0.05, 0) is 42.7 Å². The summed E-state index contributed by atoms with van der Waals surface area (Å²) in [5.74, 6) is 2.23. The van der Waals surface area contributed by atoms with Gasteiger partial charge in [-0.15, -0.1) is 0 Å². The van der Waals surface area contributed by atoms with Crippen LogP contribution in [0.3, 0.4) is 0 Å². The number of nitrogens with one attached hydrogen (secondary N) is 2. The predicted molar refractivity (Wildman–Crippen MR) is 96.2 cm³/mol. The van der Waals surface area contributed by atoms with Crippen LogP contribution in [0.2, 0.25) is 0 Å². The molecule has 1 aliphatic heterocycles. The number of anilines is 1. The molecule has 1 aliphatic rings. The lowest BCUT2D eigenvalue weighted by Gasteiger charge is -2.25. The van der Waals surface area contributed by atoms with Crippen molar-refractivity contribution < 1.29 is 14.3 Å². The van der Waals surface area contributed by atoms with Crippen molar-refractivity contribution in [3.63, 3.8) is 0 Å². The first-order valence-electron chi connectivity index (χ1n) is 8.39. The molecule has 2 aromatic rings. The number of pyridine rings is 1. The van der Waals surface area contributed by atoms with Crippen LogP contribution >= 0.6 is 0 Å². The number of fused-ring (bicyclic) bond motifs is 1. The minimum Gasteiger partial charge on any atom is -0.497 e. The van der Waals surface area contributed by atoms with E-state index in [4.69, 9.17) is 9.47 Å². The second kappa shape index (κ2) is 7.88. The van der Waals surface area contributed by atoms with Crippen LogP contribution in [-0.2, 0) is 11.2 Å². The van der Waals surface area contributed by atoms with E-state index in [1.807, 2.05) is 37.3 Å². The number of hydrogen-bond donors (Lipinski definition) is 2. The van der Waals surface area contributed by atoms with E-state index in [1.165, 1.54) is 0 Å². The lowest BCUT2D eigenvalue weighted by molar-refractivity contribution is -0.126. The standard InChI is InChI=1S/C19H23N3O3/c1-13-5-6-20-18(9-13)21-7-8-22-19(23)15-10-14-3-4-16(24-2)11-17(14)25-12-15/h3-6,9,11,15H,7-8,10,12H2,1-2H3,(H,20,21)(H,22,23). The first kappa shape index (κ1) is 17.1. The van der Waals surface area contributed by atoms with Gasteiger partial charge in [0.2, 0.25) is 5.91 Å². The Labute approximate surface area is 147 Å². The Morgan fingerprint density at radius 1 is 1.32 bits per heavy atom. The molecule has 1 atom stereocenters. The second-order valence-corrected chi connectivity index (χ2v) is 6.12. The van der Waals surface area contributed by atoms with Gasteiger partial charge in [-0.2, -0.15) is 0 Å². The molecule has 1 aromatic carbocycles. The molecule has 1 unspecified atom stereocenters. The van der Waals surface area contributed by atoms with E-state index in [2.05, 4.69) is 15.6 Å². The van der Waals surface area contributed by atoms with Gasteiger partial charge in [-0.1, -0.05) is 6.07 Å². The highest BCUT2D eigenvalue weighted by Crippen LogP contribution is 2.30. The number of ether oxygens (including phenoxy) is 2. The summed E-state index contributed by atoms with van der Waals surface area (Å²) >= 11 is 0. The smallest absolute Gasteiger partial charge is 0.226 e. The summed E-state index contributed by atoms with van der Waals surface area (Å²) in [6, 6.07) is 9.63. The highest BCUT2D eigenvalue weighted by Gasteiger charge is 2.26. The highest BCUT2D eigenvalue weighted by molar-refractivity contribution is 5.79. The van der Waals surface area contributed by atoms with Crippen LogP contribution in [0.15, 0.2) is 36.5 Å². The largest absolute Gasteiger partial charge is 0.497 e. The molecular formula is C19H23N3O3. The van der Waals surface area contributed by atoms with Gasteiger partial charge in [0, 0.05) is 25.4 Å². The van der Waals surface area contributed by atoms with Crippen molar-refractivity contribution in [2.45, 2.75) is 13.3 Å². The monoisotopic (exact) mass is 341 g/mol. The SMILES string of the molecule is COc1ccc2c(c1)OCC(C(=O)NCCNc1cc(C)ccn1)C2. The summed E-state index contributed by atoms with van der Waals surface area (Å²) in [5, 5.41) is 6.16. The van der Waals surface area contributed by atoms with Gasteiger partial charge >= 0.3 is 0 Å². The van der Waals surface area contributed by atoms with Gasteiger partial charge in [0.25, 0.3) is 0 Å². The van der Waals surface area contributed by atoms with Crippen LogP contribution in [0, 0.1) is 12.8 Å². The summed E-state index contributed by atoms with van der Waals surface area (Å²) < 4.78 is 10.9. The van der Waals surface area contributed by atoms with E-state index in [1.54, 1.807) is 13.3 Å². The number of hydrogen-bond acceptors (Lipinski definition) is 5. The first-order valence-corrected chi connectivity index (χ1v) is 8.39. The fourth-order valence-electron chi connectivity index (χ4n) is 2.80. The molecule has 0 saturated carbocycles. The first-order chi connectivity index (χ1) is 12.2. The molecular weight excluding hydrogens is 318 g/mol. The molecule has 3 rings (SSSR count). The molecule has 0 aliphatic carbocycles. The zero-order valence-electron chi connectivity index (χ0n) is 14.5. The van der Waals surface area contributed by atoms with Crippen molar-refractivity contribution in [1.29, 1.82) is 0 Å². The van der Waals surface area contributed by atoms with Crippen molar-refractivity contribution in [1.82, 2.24) is 10.3 Å². The number of benzene rings is 1. The summed E-state index contributed by atoms with van der Waals surface area (Å²) in [6.45, 7) is 3.58. The number of rotatable bonds is 6. The van der Waals surface area contributed by atoms with Gasteiger partial charge in [-0.3, -0.25) is 4.79 Å². The average molecular weight is 341 g/mol. The molecule has 2 N–H and O–H groups in total. The van der Waals surface area contributed by atoms with Crippen LogP contribution in [0.1, 0.15) is 11.1 Å². The maximum atomic E-state index is 12.3. The zero-order valence-corrected chi connectivity index (χ0v) is 14.5. The number of amides is 1. The quantitative estimate of drug-likeness (QED) is 0.788. The number of aromatic nitrogens is 1. The minimum atomic E-state index is -0.169.